The molecule has 0 bridgehead atoms. The average molecular weight is 288 g/mol. The Labute approximate surface area is 126 Å². The van der Waals surface area contributed by atoms with Crippen molar-refractivity contribution in [2.24, 2.45) is 0 Å². The lowest BCUT2D eigenvalue weighted by atomic mass is 9.76. The Kier molecular flexibility index (Phi) is 4.95. The van der Waals surface area contributed by atoms with E-state index in [0.29, 0.717) is 6.04 Å². The summed E-state index contributed by atoms with van der Waals surface area (Å²) in [6, 6.07) is 11.1. The molecule has 0 spiro atoms. The van der Waals surface area contributed by atoms with Gasteiger partial charge >= 0.3 is 0 Å². The van der Waals surface area contributed by atoms with Crippen molar-refractivity contribution in [1.29, 1.82) is 0 Å². The van der Waals surface area contributed by atoms with E-state index in [1.165, 1.54) is 10.6 Å². The van der Waals surface area contributed by atoms with Crippen molar-refractivity contribution in [1.82, 2.24) is 10.3 Å². The number of benzene rings is 1. The van der Waals surface area contributed by atoms with Gasteiger partial charge in [-0.25, -0.2) is 4.98 Å². The van der Waals surface area contributed by atoms with Gasteiger partial charge in [-0.2, -0.15) is 0 Å². The van der Waals surface area contributed by atoms with E-state index in [9.17, 15) is 0 Å². The Hall–Kier alpha value is -1.19. The molecule has 0 saturated carbocycles. The number of nitrogens with zero attached hydrogens (tertiary/aromatic N) is 1. The Bertz CT molecular complexity index is 531. The van der Waals surface area contributed by atoms with E-state index in [-0.39, 0.29) is 5.41 Å². The second-order valence-corrected chi connectivity index (χ2v) is 6.73. The largest absolute Gasteiger partial charge is 0.313 e. The zero-order chi connectivity index (χ0) is 14.6. The van der Waals surface area contributed by atoms with Crippen LogP contribution in [0.2, 0.25) is 0 Å². The molecule has 2 aromatic rings. The van der Waals surface area contributed by atoms with Crippen molar-refractivity contribution in [3.63, 3.8) is 0 Å². The van der Waals surface area contributed by atoms with Crippen molar-refractivity contribution < 1.29 is 0 Å². The zero-order valence-corrected chi connectivity index (χ0v) is 13.6. The molecule has 0 radical (unpaired) electrons. The summed E-state index contributed by atoms with van der Waals surface area (Å²) in [5, 5.41) is 7.00. The summed E-state index contributed by atoms with van der Waals surface area (Å²) in [6.07, 6.45) is 0.980. The molecule has 0 fully saturated rings. The molecule has 1 aromatic heterocycles. The van der Waals surface area contributed by atoms with Crippen molar-refractivity contribution in [3.8, 4) is 0 Å². The second kappa shape index (κ2) is 6.51. The Morgan fingerprint density at radius 2 is 1.95 bits per heavy atom. The van der Waals surface area contributed by atoms with Gasteiger partial charge in [0, 0.05) is 29.0 Å². The number of hydrogen-bond acceptors (Lipinski definition) is 3. The summed E-state index contributed by atoms with van der Waals surface area (Å²) in [5.41, 5.74) is 2.58. The van der Waals surface area contributed by atoms with E-state index < -0.39 is 0 Å². The van der Waals surface area contributed by atoms with Crippen LogP contribution in [0.3, 0.4) is 0 Å². The monoisotopic (exact) mass is 288 g/mol. The van der Waals surface area contributed by atoms with Gasteiger partial charge in [0.1, 0.15) is 0 Å². The van der Waals surface area contributed by atoms with Gasteiger partial charge in [0.15, 0.2) is 0 Å². The molecule has 2 rings (SSSR count). The van der Waals surface area contributed by atoms with Crippen molar-refractivity contribution >= 4 is 11.3 Å². The SMILES string of the molecule is CCNC(Cc1nc(C)cs1)C(C)(C)c1ccccc1. The molecule has 1 unspecified atom stereocenters. The quantitative estimate of drug-likeness (QED) is 0.870. The van der Waals surface area contributed by atoms with Crippen LogP contribution in [0.15, 0.2) is 35.7 Å². The molecule has 3 heteroatoms. The first-order chi connectivity index (χ1) is 9.54. The van der Waals surface area contributed by atoms with Crippen LogP contribution in [-0.2, 0) is 11.8 Å². The molecule has 1 atom stereocenters. The fraction of sp³-hybridized carbons (Fsp3) is 0.471. The van der Waals surface area contributed by atoms with Crippen LogP contribution in [0, 0.1) is 6.92 Å². The molecule has 2 nitrogen and oxygen atoms in total. The number of likely N-dealkylation sites (N-methyl/N-ethyl adjacent to an activating group) is 1. The highest BCUT2D eigenvalue weighted by molar-refractivity contribution is 7.09. The summed E-state index contributed by atoms with van der Waals surface area (Å²) in [4.78, 5) is 4.62. The van der Waals surface area contributed by atoms with Crippen molar-refractivity contribution in [2.45, 2.75) is 45.6 Å². The van der Waals surface area contributed by atoms with Gasteiger partial charge < -0.3 is 5.32 Å². The predicted octanol–water partition coefficient (Wildman–Crippen LogP) is 3.95. The first kappa shape index (κ1) is 15.2. The molecule has 0 aliphatic heterocycles. The van der Waals surface area contributed by atoms with E-state index >= 15 is 0 Å². The second-order valence-electron chi connectivity index (χ2n) is 5.78. The van der Waals surface area contributed by atoms with E-state index in [1.54, 1.807) is 11.3 Å². The number of aromatic nitrogens is 1. The maximum atomic E-state index is 4.62. The lowest BCUT2D eigenvalue weighted by Gasteiger charge is -2.35. The van der Waals surface area contributed by atoms with E-state index in [4.69, 9.17) is 0 Å². The van der Waals surface area contributed by atoms with Crippen LogP contribution >= 0.6 is 11.3 Å². The maximum absolute atomic E-state index is 4.62. The Morgan fingerprint density at radius 3 is 2.50 bits per heavy atom. The van der Waals surface area contributed by atoms with Gasteiger partial charge in [0.25, 0.3) is 0 Å². The highest BCUT2D eigenvalue weighted by Gasteiger charge is 2.31. The number of nitrogens with one attached hydrogen (secondary N) is 1. The van der Waals surface area contributed by atoms with Crippen LogP contribution in [0.1, 0.15) is 37.0 Å². The number of rotatable bonds is 6. The van der Waals surface area contributed by atoms with Crippen molar-refractivity contribution in [3.05, 3.63) is 52.0 Å². The van der Waals surface area contributed by atoms with Crippen molar-refractivity contribution in [2.75, 3.05) is 6.54 Å². The van der Waals surface area contributed by atoms with Crippen LogP contribution in [0.5, 0.6) is 0 Å². The minimum atomic E-state index is 0.0802. The van der Waals surface area contributed by atoms with Crippen LogP contribution < -0.4 is 5.32 Å². The molecular weight excluding hydrogens is 264 g/mol. The first-order valence-electron chi connectivity index (χ1n) is 7.24. The summed E-state index contributed by atoms with van der Waals surface area (Å²) in [5.74, 6) is 0. The van der Waals surface area contributed by atoms with Gasteiger partial charge in [0.05, 0.1) is 5.01 Å². The van der Waals surface area contributed by atoms with Gasteiger partial charge in [-0.05, 0) is 19.0 Å². The highest BCUT2D eigenvalue weighted by Crippen LogP contribution is 2.29. The fourth-order valence-electron chi connectivity index (χ4n) is 2.57. The minimum absolute atomic E-state index is 0.0802. The summed E-state index contributed by atoms with van der Waals surface area (Å²) < 4.78 is 0. The third-order valence-corrected chi connectivity index (χ3v) is 4.87. The molecular formula is C17H24N2S. The third kappa shape index (κ3) is 3.47. The summed E-state index contributed by atoms with van der Waals surface area (Å²) in [7, 11) is 0. The number of aryl methyl sites for hydroxylation is 1. The maximum Gasteiger partial charge on any atom is 0.0943 e. The lowest BCUT2D eigenvalue weighted by Crippen LogP contribution is -2.46. The van der Waals surface area contributed by atoms with Crippen LogP contribution in [-0.4, -0.2) is 17.6 Å². The van der Waals surface area contributed by atoms with Crippen LogP contribution in [0.25, 0.3) is 0 Å². The van der Waals surface area contributed by atoms with E-state index in [2.05, 4.69) is 73.7 Å². The zero-order valence-electron chi connectivity index (χ0n) is 12.8. The standard InChI is InChI=1S/C17H24N2S/c1-5-18-15(11-16-19-13(2)12-20-16)17(3,4)14-9-7-6-8-10-14/h6-10,12,15,18H,5,11H2,1-4H3. The lowest BCUT2D eigenvalue weighted by molar-refractivity contribution is 0.342. The fourth-order valence-corrected chi connectivity index (χ4v) is 3.39. The number of hydrogen-bond donors (Lipinski definition) is 1. The van der Waals surface area contributed by atoms with Gasteiger partial charge in [0.2, 0.25) is 0 Å². The molecule has 0 amide bonds. The van der Waals surface area contributed by atoms with Gasteiger partial charge in [-0.1, -0.05) is 51.1 Å². The van der Waals surface area contributed by atoms with Gasteiger partial charge in [-0.3, -0.25) is 0 Å². The topological polar surface area (TPSA) is 24.9 Å². The van der Waals surface area contributed by atoms with Crippen LogP contribution in [0.4, 0.5) is 0 Å². The third-order valence-electron chi connectivity index (χ3n) is 3.88. The summed E-state index contributed by atoms with van der Waals surface area (Å²) >= 11 is 1.76. The smallest absolute Gasteiger partial charge is 0.0943 e. The minimum Gasteiger partial charge on any atom is -0.313 e. The Balaban J connectivity index is 2.23. The van der Waals surface area contributed by atoms with Gasteiger partial charge in [-0.15, -0.1) is 11.3 Å². The van der Waals surface area contributed by atoms with E-state index in [1.807, 2.05) is 0 Å². The molecule has 20 heavy (non-hydrogen) atoms. The first-order valence-corrected chi connectivity index (χ1v) is 8.12. The molecule has 0 saturated heterocycles. The Morgan fingerprint density at radius 1 is 1.25 bits per heavy atom. The normalized spacial score (nSPS) is 13.4. The molecule has 0 aliphatic carbocycles. The molecule has 0 aliphatic rings. The average Bonchev–Trinajstić information content (AvgIpc) is 2.85. The molecule has 1 heterocycles. The predicted molar refractivity (Wildman–Crippen MR) is 87.5 cm³/mol. The molecule has 1 aromatic carbocycles. The van der Waals surface area contributed by atoms with E-state index in [0.717, 1.165) is 18.7 Å². The number of thiazole rings is 1. The highest BCUT2D eigenvalue weighted by atomic mass is 32.1. The molecule has 108 valence electrons. The summed E-state index contributed by atoms with van der Waals surface area (Å²) in [6.45, 7) is 9.84. The molecule has 1 N–H and O–H groups in total.